The first-order valence-electron chi connectivity index (χ1n) is 12.1. The second kappa shape index (κ2) is 10.2. The maximum atomic E-state index is 12.9. The van der Waals surface area contributed by atoms with Gasteiger partial charge in [0.15, 0.2) is 0 Å². The normalized spacial score (nSPS) is 18.2. The van der Waals surface area contributed by atoms with Gasteiger partial charge in [-0.25, -0.2) is 0 Å². The van der Waals surface area contributed by atoms with E-state index in [1.807, 2.05) is 30.3 Å². The van der Waals surface area contributed by atoms with Gasteiger partial charge in [0, 0.05) is 38.6 Å². The highest BCUT2D eigenvalue weighted by molar-refractivity contribution is 5.76. The molecule has 4 nitrogen and oxygen atoms in total. The molecule has 0 saturated carbocycles. The Morgan fingerprint density at radius 1 is 0.848 bits per heavy atom. The summed E-state index contributed by atoms with van der Waals surface area (Å²) < 4.78 is 5.87. The monoisotopic (exact) mass is 440 g/mol. The molecule has 0 bridgehead atoms. The predicted molar refractivity (Wildman–Crippen MR) is 131 cm³/mol. The number of fused-ring (bicyclic) bond motifs is 1. The van der Waals surface area contributed by atoms with E-state index in [0.717, 1.165) is 56.8 Å². The van der Waals surface area contributed by atoms with Crippen molar-refractivity contribution in [3.8, 4) is 5.75 Å². The quantitative estimate of drug-likeness (QED) is 0.526. The van der Waals surface area contributed by atoms with Crippen molar-refractivity contribution in [3.63, 3.8) is 0 Å². The van der Waals surface area contributed by atoms with Gasteiger partial charge in [0.05, 0.1) is 0 Å². The summed E-state index contributed by atoms with van der Waals surface area (Å²) in [4.78, 5) is 17.5. The van der Waals surface area contributed by atoms with Crippen LogP contribution in [0, 0.1) is 0 Å². The minimum absolute atomic E-state index is 0.277. The van der Waals surface area contributed by atoms with E-state index in [1.54, 1.807) is 0 Å². The van der Waals surface area contributed by atoms with E-state index in [9.17, 15) is 4.79 Å². The maximum Gasteiger partial charge on any atom is 0.222 e. The summed E-state index contributed by atoms with van der Waals surface area (Å²) >= 11 is 0. The summed E-state index contributed by atoms with van der Waals surface area (Å²) in [5.74, 6) is 1.14. The zero-order valence-electron chi connectivity index (χ0n) is 19.2. The molecule has 0 aromatic heterocycles. The first kappa shape index (κ1) is 21.7. The third-order valence-electron chi connectivity index (χ3n) is 6.99. The van der Waals surface area contributed by atoms with Gasteiger partial charge in [0.1, 0.15) is 12.4 Å². The Morgan fingerprint density at radius 2 is 1.61 bits per heavy atom. The average Bonchev–Trinajstić information content (AvgIpc) is 3.38. The molecule has 1 amide bonds. The smallest absolute Gasteiger partial charge is 0.222 e. The van der Waals surface area contributed by atoms with Crippen LogP contribution in [-0.2, 0) is 30.8 Å². The van der Waals surface area contributed by atoms with Crippen molar-refractivity contribution in [1.29, 1.82) is 0 Å². The number of ether oxygens (including phenoxy) is 1. The minimum atomic E-state index is 0.277. The highest BCUT2D eigenvalue weighted by atomic mass is 16.5. The number of benzene rings is 3. The van der Waals surface area contributed by atoms with E-state index in [4.69, 9.17) is 4.74 Å². The molecule has 0 spiro atoms. The lowest BCUT2D eigenvalue weighted by atomic mass is 9.98. The molecule has 5 rings (SSSR count). The molecule has 2 aliphatic heterocycles. The van der Waals surface area contributed by atoms with Crippen LogP contribution in [0.5, 0.6) is 5.75 Å². The molecule has 170 valence electrons. The lowest BCUT2D eigenvalue weighted by Crippen LogP contribution is -2.41. The van der Waals surface area contributed by atoms with Gasteiger partial charge < -0.3 is 9.64 Å². The van der Waals surface area contributed by atoms with E-state index in [1.165, 1.54) is 16.7 Å². The lowest BCUT2D eigenvalue weighted by Gasteiger charge is -2.33. The number of carbonyl (C=O) groups excluding carboxylic acids is 1. The molecule has 1 atom stereocenters. The van der Waals surface area contributed by atoms with Crippen LogP contribution in [0.1, 0.15) is 35.1 Å². The Balaban J connectivity index is 1.07. The molecular weight excluding hydrogens is 408 g/mol. The fourth-order valence-corrected chi connectivity index (χ4v) is 5.00. The second-order valence-electron chi connectivity index (χ2n) is 9.19. The van der Waals surface area contributed by atoms with Gasteiger partial charge in [0.2, 0.25) is 5.91 Å². The van der Waals surface area contributed by atoms with Crippen LogP contribution in [0.4, 0.5) is 0 Å². The van der Waals surface area contributed by atoms with Gasteiger partial charge in [-0.3, -0.25) is 9.69 Å². The third-order valence-corrected chi connectivity index (χ3v) is 6.99. The summed E-state index contributed by atoms with van der Waals surface area (Å²) in [6.07, 6.45) is 3.54. The van der Waals surface area contributed by atoms with E-state index in [2.05, 4.69) is 58.3 Å². The minimum Gasteiger partial charge on any atom is -0.489 e. The van der Waals surface area contributed by atoms with Crippen molar-refractivity contribution in [3.05, 3.63) is 101 Å². The van der Waals surface area contributed by atoms with E-state index in [-0.39, 0.29) is 5.91 Å². The zero-order chi connectivity index (χ0) is 22.5. The van der Waals surface area contributed by atoms with E-state index < -0.39 is 0 Å². The van der Waals surface area contributed by atoms with Crippen molar-refractivity contribution in [2.24, 2.45) is 0 Å². The van der Waals surface area contributed by atoms with Crippen LogP contribution < -0.4 is 4.74 Å². The molecule has 0 N–H and O–H groups in total. The number of hydrogen-bond acceptors (Lipinski definition) is 3. The second-order valence-corrected chi connectivity index (χ2v) is 9.19. The Labute approximate surface area is 196 Å². The van der Waals surface area contributed by atoms with Crippen LogP contribution in [-0.4, -0.2) is 41.4 Å². The van der Waals surface area contributed by atoms with E-state index in [0.29, 0.717) is 19.1 Å². The topological polar surface area (TPSA) is 32.8 Å². The molecule has 0 radical (unpaired) electrons. The van der Waals surface area contributed by atoms with Crippen LogP contribution in [0.25, 0.3) is 0 Å². The summed E-state index contributed by atoms with van der Waals surface area (Å²) in [6.45, 7) is 4.43. The number of amides is 1. The van der Waals surface area contributed by atoms with Crippen molar-refractivity contribution < 1.29 is 9.53 Å². The molecule has 1 saturated heterocycles. The molecular formula is C29H32N2O2. The van der Waals surface area contributed by atoms with E-state index >= 15 is 0 Å². The molecule has 1 unspecified atom stereocenters. The van der Waals surface area contributed by atoms with Crippen molar-refractivity contribution >= 4 is 5.91 Å². The largest absolute Gasteiger partial charge is 0.489 e. The van der Waals surface area contributed by atoms with Crippen molar-refractivity contribution in [2.75, 3.05) is 19.6 Å². The van der Waals surface area contributed by atoms with Gasteiger partial charge in [-0.2, -0.15) is 0 Å². The Kier molecular flexibility index (Phi) is 6.73. The standard InChI is InChI=1S/C29H32N2O2/c32-29(15-12-23-10-13-28(14-11-23)33-22-24-6-2-1-3-7-24)31-19-17-27(21-31)30-18-16-25-8-4-5-9-26(25)20-30/h1-11,13-14,27H,12,15-22H2. The summed E-state index contributed by atoms with van der Waals surface area (Å²) in [6, 6.07) is 27.6. The lowest BCUT2D eigenvalue weighted by molar-refractivity contribution is -0.130. The Morgan fingerprint density at radius 3 is 2.42 bits per heavy atom. The molecule has 3 aromatic carbocycles. The SMILES string of the molecule is O=C(CCc1ccc(OCc2ccccc2)cc1)N1CCC(N2CCc3ccccc3C2)C1. The molecule has 2 aliphatic rings. The summed E-state index contributed by atoms with van der Waals surface area (Å²) in [7, 11) is 0. The highest BCUT2D eigenvalue weighted by Gasteiger charge is 2.31. The fourth-order valence-electron chi connectivity index (χ4n) is 5.00. The number of carbonyl (C=O) groups is 1. The summed E-state index contributed by atoms with van der Waals surface area (Å²) in [5.41, 5.74) is 5.27. The third kappa shape index (κ3) is 5.45. The number of likely N-dealkylation sites (tertiary alicyclic amines) is 1. The van der Waals surface area contributed by atoms with Crippen molar-refractivity contribution in [1.82, 2.24) is 9.80 Å². The highest BCUT2D eigenvalue weighted by Crippen LogP contribution is 2.25. The number of nitrogens with zero attached hydrogens (tertiary/aromatic N) is 2. The fraction of sp³-hybridized carbons (Fsp3) is 0.345. The van der Waals surface area contributed by atoms with Gasteiger partial charge in [-0.1, -0.05) is 66.7 Å². The number of rotatable bonds is 7. The Hall–Kier alpha value is -3.11. The molecule has 0 aliphatic carbocycles. The van der Waals surface area contributed by atoms with Crippen LogP contribution in [0.2, 0.25) is 0 Å². The number of aryl methyl sites for hydroxylation is 1. The van der Waals surface area contributed by atoms with Crippen LogP contribution in [0.3, 0.4) is 0 Å². The van der Waals surface area contributed by atoms with Crippen LogP contribution >= 0.6 is 0 Å². The van der Waals surface area contributed by atoms with Crippen molar-refractivity contribution in [2.45, 2.75) is 44.9 Å². The van der Waals surface area contributed by atoms with Gasteiger partial charge in [-0.05, 0) is 53.6 Å². The first-order chi connectivity index (χ1) is 16.2. The summed E-state index contributed by atoms with van der Waals surface area (Å²) in [5, 5.41) is 0. The molecule has 2 heterocycles. The van der Waals surface area contributed by atoms with Gasteiger partial charge >= 0.3 is 0 Å². The average molecular weight is 441 g/mol. The maximum absolute atomic E-state index is 12.9. The number of hydrogen-bond donors (Lipinski definition) is 0. The molecule has 1 fully saturated rings. The Bertz CT molecular complexity index is 1060. The molecule has 33 heavy (non-hydrogen) atoms. The van der Waals surface area contributed by atoms with Crippen LogP contribution in [0.15, 0.2) is 78.9 Å². The van der Waals surface area contributed by atoms with Gasteiger partial charge in [0.25, 0.3) is 0 Å². The first-order valence-corrected chi connectivity index (χ1v) is 12.1. The molecule has 3 aromatic rings. The zero-order valence-corrected chi connectivity index (χ0v) is 19.2. The van der Waals surface area contributed by atoms with Gasteiger partial charge in [-0.15, -0.1) is 0 Å². The molecule has 4 heteroatoms. The predicted octanol–water partition coefficient (Wildman–Crippen LogP) is 4.86.